The summed E-state index contributed by atoms with van der Waals surface area (Å²) in [7, 11) is -5.09. The van der Waals surface area contributed by atoms with Crippen molar-refractivity contribution in [1.82, 2.24) is 5.32 Å². The van der Waals surface area contributed by atoms with Crippen LogP contribution in [0.5, 0.6) is 0 Å². The number of nitrogens with one attached hydrogen (secondary N) is 1. The van der Waals surface area contributed by atoms with Crippen LogP contribution in [0, 0.1) is 0 Å². The Kier molecular flexibility index (Phi) is 41.9. The lowest BCUT2D eigenvalue weighted by atomic mass is 9.99. The summed E-state index contributed by atoms with van der Waals surface area (Å²) in [4.78, 5) is 13.1. The average molecular weight is 972 g/mol. The van der Waals surface area contributed by atoms with Crippen molar-refractivity contribution in [3.8, 4) is 0 Å². The molecule has 1 aliphatic rings. The van der Waals surface area contributed by atoms with Gasteiger partial charge in [-0.1, -0.05) is 224 Å². The van der Waals surface area contributed by atoms with Crippen molar-refractivity contribution in [2.24, 2.45) is 0 Å². The van der Waals surface area contributed by atoms with Crippen LogP contribution in [0.1, 0.15) is 245 Å². The van der Waals surface area contributed by atoms with Crippen molar-refractivity contribution >= 4 is 16.3 Å². The minimum absolute atomic E-state index is 0.260. The predicted octanol–water partition coefficient (Wildman–Crippen LogP) is 12.2. The van der Waals surface area contributed by atoms with Crippen molar-refractivity contribution in [3.63, 3.8) is 0 Å². The Morgan fingerprint density at radius 2 is 1.00 bits per heavy atom. The zero-order valence-electron chi connectivity index (χ0n) is 42.5. The summed E-state index contributed by atoms with van der Waals surface area (Å²) in [6.45, 7) is 3.41. The first kappa shape index (κ1) is 63.3. The first-order valence-electron chi connectivity index (χ1n) is 27.4. The zero-order valence-corrected chi connectivity index (χ0v) is 43.3. The highest BCUT2D eigenvalue weighted by molar-refractivity contribution is 7.80. The quantitative estimate of drug-likeness (QED) is 0.0193. The largest absolute Gasteiger partial charge is 0.397 e. The Hall–Kier alpha value is -1.68. The van der Waals surface area contributed by atoms with Gasteiger partial charge in [-0.3, -0.25) is 9.35 Å². The number of carbonyl (C=O) groups excluding carboxylic acids is 1. The molecule has 1 amide bonds. The van der Waals surface area contributed by atoms with E-state index in [0.29, 0.717) is 6.42 Å². The zero-order chi connectivity index (χ0) is 49.1. The van der Waals surface area contributed by atoms with Gasteiger partial charge in [-0.2, -0.15) is 8.42 Å². The Bertz CT molecular complexity index is 1330. The van der Waals surface area contributed by atoms with E-state index in [1.165, 1.54) is 161 Å². The number of rotatable bonds is 47. The van der Waals surface area contributed by atoms with Gasteiger partial charge in [0.05, 0.1) is 25.4 Å². The van der Waals surface area contributed by atoms with Gasteiger partial charge in [0.15, 0.2) is 6.29 Å². The summed E-state index contributed by atoms with van der Waals surface area (Å²) >= 11 is 0. The number of hydrogen-bond acceptors (Lipinski definition) is 10. The van der Waals surface area contributed by atoms with E-state index in [9.17, 15) is 38.2 Å². The molecule has 1 aliphatic heterocycles. The van der Waals surface area contributed by atoms with Gasteiger partial charge < -0.3 is 35.2 Å². The number of ether oxygens (including phenoxy) is 2. The molecule has 394 valence electrons. The van der Waals surface area contributed by atoms with Crippen LogP contribution in [0.2, 0.25) is 0 Å². The van der Waals surface area contributed by atoms with Crippen molar-refractivity contribution in [1.29, 1.82) is 0 Å². The Labute approximate surface area is 409 Å². The summed E-state index contributed by atoms with van der Waals surface area (Å²) in [5.74, 6) is -0.269. The fourth-order valence-electron chi connectivity index (χ4n) is 8.66. The number of amides is 1. The van der Waals surface area contributed by atoms with Crippen molar-refractivity contribution in [2.75, 3.05) is 13.2 Å². The second kappa shape index (κ2) is 44.3. The van der Waals surface area contributed by atoms with E-state index in [2.05, 4.69) is 47.7 Å². The van der Waals surface area contributed by atoms with Gasteiger partial charge in [-0.15, -0.1) is 0 Å². The summed E-state index contributed by atoms with van der Waals surface area (Å²) in [6.07, 6.45) is 46.1. The molecule has 7 atom stereocenters. The van der Waals surface area contributed by atoms with Gasteiger partial charge in [0, 0.05) is 6.42 Å². The van der Waals surface area contributed by atoms with Crippen molar-refractivity contribution in [3.05, 3.63) is 36.5 Å². The lowest BCUT2D eigenvalue weighted by Gasteiger charge is -2.41. The van der Waals surface area contributed by atoms with E-state index in [1.807, 2.05) is 6.08 Å². The van der Waals surface area contributed by atoms with Gasteiger partial charge >= 0.3 is 10.4 Å². The van der Waals surface area contributed by atoms with Crippen LogP contribution < -0.4 is 5.32 Å². The second-order valence-electron chi connectivity index (χ2n) is 19.2. The average Bonchev–Trinajstić information content (AvgIpc) is 3.30. The highest BCUT2D eigenvalue weighted by Crippen LogP contribution is 2.26. The summed E-state index contributed by atoms with van der Waals surface area (Å²) < 4.78 is 47.8. The molecule has 0 aliphatic carbocycles. The van der Waals surface area contributed by atoms with Crippen LogP contribution >= 0.6 is 0 Å². The molecule has 7 unspecified atom stereocenters. The number of unbranched alkanes of at least 4 members (excludes halogenated alkanes) is 31. The maximum absolute atomic E-state index is 13.1. The fourth-order valence-corrected chi connectivity index (χ4v) is 9.17. The molecule has 67 heavy (non-hydrogen) atoms. The normalized spacial score (nSPS) is 20.1. The summed E-state index contributed by atoms with van der Waals surface area (Å²) in [6, 6.07) is -0.949. The van der Waals surface area contributed by atoms with E-state index in [1.54, 1.807) is 6.08 Å². The Morgan fingerprint density at radius 1 is 0.597 bits per heavy atom. The van der Waals surface area contributed by atoms with Crippen molar-refractivity contribution in [2.45, 2.75) is 288 Å². The molecule has 0 aromatic heterocycles. The van der Waals surface area contributed by atoms with Gasteiger partial charge in [0.25, 0.3) is 0 Å². The maximum Gasteiger partial charge on any atom is 0.397 e. The molecule has 0 aromatic carbocycles. The van der Waals surface area contributed by atoms with Gasteiger partial charge in [0.2, 0.25) is 5.91 Å². The lowest BCUT2D eigenvalue weighted by molar-refractivity contribution is -0.298. The molecule has 0 spiro atoms. The molecular weight excluding hydrogens is 871 g/mol. The van der Waals surface area contributed by atoms with Gasteiger partial charge in [-0.25, -0.2) is 4.18 Å². The third-order valence-corrected chi connectivity index (χ3v) is 13.4. The number of aliphatic hydroxyl groups excluding tert-OH is 4. The fraction of sp³-hybridized carbons (Fsp3) is 0.870. The van der Waals surface area contributed by atoms with Crippen LogP contribution in [0.25, 0.3) is 0 Å². The summed E-state index contributed by atoms with van der Waals surface area (Å²) in [5.41, 5.74) is 0. The van der Waals surface area contributed by atoms with Crippen LogP contribution in [0.4, 0.5) is 0 Å². The standard InChI is InChI=1S/C54H101NO11S/c1-3-5-7-9-11-13-15-17-19-21-22-23-24-25-26-28-30-32-34-36-38-40-42-44-50(58)55-47(46-64-54-52(60)53(66-67(61,62)63)51(59)49(45-56)65-54)48(57)43-41-39-37-35-33-31-29-27-20-18-16-14-12-10-8-6-4-2/h22-23,25-26,41,43,47-49,51-54,56-57,59-60H,3-21,24,27-40,42,44-46H2,1-2H3,(H,55,58)(H,61,62,63)/b23-22-,26-25-,43-41+. The highest BCUT2D eigenvalue weighted by Gasteiger charge is 2.48. The molecule has 0 bridgehead atoms. The van der Waals surface area contributed by atoms with E-state index >= 15 is 0 Å². The summed E-state index contributed by atoms with van der Waals surface area (Å²) in [5, 5.41) is 44.9. The van der Waals surface area contributed by atoms with Crippen LogP contribution in [-0.4, -0.2) is 95.4 Å². The molecule has 12 nitrogen and oxygen atoms in total. The molecule has 1 rings (SSSR count). The molecule has 1 saturated heterocycles. The van der Waals surface area contributed by atoms with E-state index in [4.69, 9.17) is 9.47 Å². The van der Waals surface area contributed by atoms with Crippen LogP contribution in [-0.2, 0) is 28.9 Å². The van der Waals surface area contributed by atoms with Crippen LogP contribution in [0.15, 0.2) is 36.5 Å². The molecule has 0 aromatic rings. The molecule has 0 radical (unpaired) electrons. The molecule has 13 heteroatoms. The number of hydrogen-bond donors (Lipinski definition) is 6. The lowest BCUT2D eigenvalue weighted by Crippen LogP contribution is -2.61. The maximum atomic E-state index is 13.1. The van der Waals surface area contributed by atoms with E-state index in [0.717, 1.165) is 57.8 Å². The smallest absolute Gasteiger partial charge is 0.394 e. The Balaban J connectivity index is 2.42. The molecular formula is C54H101NO11S. The highest BCUT2D eigenvalue weighted by atomic mass is 32.3. The minimum Gasteiger partial charge on any atom is -0.394 e. The first-order valence-corrected chi connectivity index (χ1v) is 28.7. The molecule has 6 N–H and O–H groups in total. The minimum atomic E-state index is -5.09. The van der Waals surface area contributed by atoms with Crippen molar-refractivity contribution < 1.29 is 51.8 Å². The molecule has 1 heterocycles. The second-order valence-corrected chi connectivity index (χ2v) is 20.2. The SMILES string of the molecule is CCCCCCCCCCC/C=C\C/C=C\CCCCCCCCCC(=O)NC(COC1OC(CO)C(O)C(OS(=O)(=O)O)C1O)C(O)/C=C/CCCCCCCCCCCCCCCCC. The molecule has 1 fully saturated rings. The van der Waals surface area contributed by atoms with Crippen LogP contribution in [0.3, 0.4) is 0 Å². The van der Waals surface area contributed by atoms with Gasteiger partial charge in [-0.05, 0) is 51.4 Å². The molecule has 0 saturated carbocycles. The predicted molar refractivity (Wildman–Crippen MR) is 273 cm³/mol. The Morgan fingerprint density at radius 3 is 1.42 bits per heavy atom. The topological polar surface area (TPSA) is 192 Å². The van der Waals surface area contributed by atoms with E-state index < -0.39 is 59.9 Å². The van der Waals surface area contributed by atoms with E-state index in [-0.39, 0.29) is 18.9 Å². The number of aliphatic hydroxyl groups is 4. The monoisotopic (exact) mass is 972 g/mol. The van der Waals surface area contributed by atoms with Gasteiger partial charge in [0.1, 0.15) is 24.4 Å². The first-order chi connectivity index (χ1) is 32.5. The number of carbonyl (C=O) groups is 1. The third-order valence-electron chi connectivity index (χ3n) is 12.9. The third kappa shape index (κ3) is 36.9. The number of allylic oxidation sites excluding steroid dienone is 5.